The quantitative estimate of drug-likeness (QED) is 0.683. The van der Waals surface area contributed by atoms with Crippen LogP contribution in [0.4, 0.5) is 0 Å². The number of rotatable bonds is 6. The van der Waals surface area contributed by atoms with Crippen molar-refractivity contribution in [1.29, 1.82) is 0 Å². The van der Waals surface area contributed by atoms with Gasteiger partial charge in [-0.05, 0) is 12.3 Å². The van der Waals surface area contributed by atoms with Crippen molar-refractivity contribution in [3.05, 3.63) is 0 Å². The van der Waals surface area contributed by atoms with E-state index in [2.05, 4.69) is 10.1 Å². The summed E-state index contributed by atoms with van der Waals surface area (Å²) in [5, 5.41) is 2.69. The van der Waals surface area contributed by atoms with Gasteiger partial charge in [0.25, 0.3) is 0 Å². The molecule has 0 rings (SSSR count). The number of hydrogen-bond donors (Lipinski definition) is 1. The first-order valence-corrected chi connectivity index (χ1v) is 5.40. The second-order valence-electron chi connectivity index (χ2n) is 3.92. The predicted octanol–water partition coefficient (Wildman–Crippen LogP) is 1.49. The minimum Gasteiger partial charge on any atom is -0.467 e. The largest absolute Gasteiger partial charge is 0.467 e. The van der Waals surface area contributed by atoms with Crippen LogP contribution in [-0.2, 0) is 14.3 Å². The number of carbonyl (C=O) groups excluding carboxylic acids is 2. The van der Waals surface area contributed by atoms with Crippen LogP contribution in [0, 0.1) is 5.92 Å². The Hall–Kier alpha value is -1.06. The molecular weight excluding hydrogens is 194 g/mol. The van der Waals surface area contributed by atoms with Crippen molar-refractivity contribution in [1.82, 2.24) is 5.32 Å². The molecule has 1 atom stereocenters. The van der Waals surface area contributed by atoms with Crippen molar-refractivity contribution in [2.45, 2.75) is 46.1 Å². The molecule has 0 aromatic rings. The number of nitrogens with one attached hydrogen (secondary N) is 1. The highest BCUT2D eigenvalue weighted by Crippen LogP contribution is 2.04. The highest BCUT2D eigenvalue weighted by atomic mass is 16.5. The summed E-state index contributed by atoms with van der Waals surface area (Å²) in [7, 11) is 1.33. The molecule has 0 saturated heterocycles. The SMILES string of the molecule is CCCCC(=O)N[C@H](C(=O)OC)C(C)C. The van der Waals surface area contributed by atoms with Gasteiger partial charge in [-0.25, -0.2) is 4.79 Å². The molecule has 1 amide bonds. The zero-order valence-corrected chi connectivity index (χ0v) is 10.0. The molecule has 0 aromatic carbocycles. The normalized spacial score (nSPS) is 12.3. The molecule has 0 aliphatic rings. The minimum atomic E-state index is -0.528. The van der Waals surface area contributed by atoms with E-state index in [4.69, 9.17) is 0 Å². The first-order chi connectivity index (χ1) is 7.02. The van der Waals surface area contributed by atoms with Crippen LogP contribution in [0.5, 0.6) is 0 Å². The molecular formula is C11H21NO3. The Morgan fingerprint density at radius 2 is 1.93 bits per heavy atom. The Labute approximate surface area is 91.4 Å². The van der Waals surface area contributed by atoms with Crippen molar-refractivity contribution < 1.29 is 14.3 Å². The van der Waals surface area contributed by atoms with Crippen molar-refractivity contribution in [3.8, 4) is 0 Å². The van der Waals surface area contributed by atoms with E-state index in [-0.39, 0.29) is 17.8 Å². The van der Waals surface area contributed by atoms with Gasteiger partial charge in [0.1, 0.15) is 6.04 Å². The first kappa shape index (κ1) is 13.9. The van der Waals surface area contributed by atoms with Crippen molar-refractivity contribution in [2.24, 2.45) is 5.92 Å². The van der Waals surface area contributed by atoms with Gasteiger partial charge >= 0.3 is 5.97 Å². The van der Waals surface area contributed by atoms with Crippen LogP contribution in [0.3, 0.4) is 0 Å². The maximum atomic E-state index is 11.4. The lowest BCUT2D eigenvalue weighted by Crippen LogP contribution is -2.44. The van der Waals surface area contributed by atoms with Crippen LogP contribution in [0.15, 0.2) is 0 Å². The van der Waals surface area contributed by atoms with Crippen molar-refractivity contribution in [3.63, 3.8) is 0 Å². The highest BCUT2D eigenvalue weighted by Gasteiger charge is 2.24. The third-order valence-electron chi connectivity index (χ3n) is 2.20. The fourth-order valence-electron chi connectivity index (χ4n) is 1.21. The number of methoxy groups -OCH3 is 1. The fourth-order valence-corrected chi connectivity index (χ4v) is 1.21. The summed E-state index contributed by atoms with van der Waals surface area (Å²) < 4.78 is 4.63. The average molecular weight is 215 g/mol. The lowest BCUT2D eigenvalue weighted by molar-refractivity contribution is -0.146. The Morgan fingerprint density at radius 3 is 2.33 bits per heavy atom. The van der Waals surface area contributed by atoms with Crippen molar-refractivity contribution in [2.75, 3.05) is 7.11 Å². The molecule has 15 heavy (non-hydrogen) atoms. The maximum Gasteiger partial charge on any atom is 0.328 e. The number of ether oxygens (including phenoxy) is 1. The Balaban J connectivity index is 4.17. The van der Waals surface area contributed by atoms with Gasteiger partial charge < -0.3 is 10.1 Å². The molecule has 4 heteroatoms. The number of carbonyl (C=O) groups is 2. The van der Waals surface area contributed by atoms with E-state index in [1.807, 2.05) is 20.8 Å². The van der Waals surface area contributed by atoms with E-state index < -0.39 is 6.04 Å². The van der Waals surface area contributed by atoms with Gasteiger partial charge in [0.2, 0.25) is 5.91 Å². The van der Waals surface area contributed by atoms with E-state index in [1.165, 1.54) is 7.11 Å². The Kier molecular flexibility index (Phi) is 6.75. The first-order valence-electron chi connectivity index (χ1n) is 5.40. The van der Waals surface area contributed by atoms with Crippen LogP contribution in [-0.4, -0.2) is 25.0 Å². The van der Waals surface area contributed by atoms with Crippen LogP contribution < -0.4 is 5.32 Å². The molecule has 0 aliphatic heterocycles. The van der Waals surface area contributed by atoms with Gasteiger partial charge in [-0.15, -0.1) is 0 Å². The highest BCUT2D eigenvalue weighted by molar-refractivity contribution is 5.84. The van der Waals surface area contributed by atoms with Crippen LogP contribution in [0.25, 0.3) is 0 Å². The Morgan fingerprint density at radius 1 is 1.33 bits per heavy atom. The van der Waals surface area contributed by atoms with E-state index in [9.17, 15) is 9.59 Å². The molecule has 0 heterocycles. The van der Waals surface area contributed by atoms with E-state index in [0.29, 0.717) is 6.42 Å². The van der Waals surface area contributed by atoms with Gasteiger partial charge in [-0.3, -0.25) is 4.79 Å². The number of amides is 1. The van der Waals surface area contributed by atoms with E-state index in [0.717, 1.165) is 12.8 Å². The third-order valence-corrected chi connectivity index (χ3v) is 2.20. The molecule has 0 aliphatic carbocycles. The second kappa shape index (κ2) is 7.26. The monoisotopic (exact) mass is 215 g/mol. The van der Waals surface area contributed by atoms with Gasteiger partial charge in [0.05, 0.1) is 7.11 Å². The van der Waals surface area contributed by atoms with Crippen LogP contribution in [0.1, 0.15) is 40.0 Å². The molecule has 0 radical (unpaired) electrons. The van der Waals surface area contributed by atoms with E-state index >= 15 is 0 Å². The molecule has 1 N–H and O–H groups in total. The molecule has 0 fully saturated rings. The molecule has 0 spiro atoms. The smallest absolute Gasteiger partial charge is 0.328 e. The van der Waals surface area contributed by atoms with Crippen LogP contribution >= 0.6 is 0 Å². The van der Waals surface area contributed by atoms with E-state index in [1.54, 1.807) is 0 Å². The molecule has 4 nitrogen and oxygen atoms in total. The summed E-state index contributed by atoms with van der Waals surface area (Å²) in [5.74, 6) is -0.418. The molecule has 0 unspecified atom stereocenters. The zero-order chi connectivity index (χ0) is 11.8. The third kappa shape index (κ3) is 5.40. The number of esters is 1. The van der Waals surface area contributed by atoms with Gasteiger partial charge in [0, 0.05) is 6.42 Å². The summed E-state index contributed by atoms with van der Waals surface area (Å²) in [6.07, 6.45) is 2.28. The summed E-state index contributed by atoms with van der Waals surface area (Å²) in [4.78, 5) is 22.7. The lowest BCUT2D eigenvalue weighted by Gasteiger charge is -2.19. The molecule has 88 valence electrons. The van der Waals surface area contributed by atoms with Gasteiger partial charge in [-0.2, -0.15) is 0 Å². The predicted molar refractivity (Wildman–Crippen MR) is 58.3 cm³/mol. The topological polar surface area (TPSA) is 55.4 Å². The number of unbranched alkanes of at least 4 members (excludes halogenated alkanes) is 1. The Bertz CT molecular complexity index is 214. The summed E-state index contributed by atoms with van der Waals surface area (Å²) >= 11 is 0. The fraction of sp³-hybridized carbons (Fsp3) is 0.818. The van der Waals surface area contributed by atoms with Gasteiger partial charge in [-0.1, -0.05) is 27.2 Å². The minimum absolute atomic E-state index is 0.0445. The maximum absolute atomic E-state index is 11.4. The van der Waals surface area contributed by atoms with Gasteiger partial charge in [0.15, 0.2) is 0 Å². The van der Waals surface area contributed by atoms with Crippen molar-refractivity contribution >= 4 is 11.9 Å². The summed E-state index contributed by atoms with van der Waals surface area (Å²) in [6.45, 7) is 5.77. The zero-order valence-electron chi connectivity index (χ0n) is 10.0. The van der Waals surface area contributed by atoms with Crippen LogP contribution in [0.2, 0.25) is 0 Å². The second-order valence-corrected chi connectivity index (χ2v) is 3.92. The molecule has 0 saturated carbocycles. The summed E-state index contributed by atoms with van der Waals surface area (Å²) in [5.41, 5.74) is 0. The molecule has 0 bridgehead atoms. The molecule has 0 aromatic heterocycles. The number of hydrogen-bond acceptors (Lipinski definition) is 3. The average Bonchev–Trinajstić information content (AvgIpc) is 2.21. The summed E-state index contributed by atoms with van der Waals surface area (Å²) in [6, 6.07) is -0.528. The standard InChI is InChI=1S/C11H21NO3/c1-5-6-7-9(13)12-10(8(2)3)11(14)15-4/h8,10H,5-7H2,1-4H3,(H,12,13)/t10-/m0/s1. The lowest BCUT2D eigenvalue weighted by atomic mass is 10.0.